The van der Waals surface area contributed by atoms with E-state index < -0.39 is 10.0 Å². The highest BCUT2D eigenvalue weighted by atomic mass is 32.2. The molecule has 0 atom stereocenters. The maximum absolute atomic E-state index is 13.4. The number of nitrogen functional groups attached to an aromatic ring is 1. The molecule has 2 aromatic heterocycles. The number of ketones is 2. The van der Waals surface area contributed by atoms with Gasteiger partial charge < -0.3 is 10.3 Å². The zero-order valence-corrected chi connectivity index (χ0v) is 19.6. The number of Topliss-reactive ketones (excluding diaryl/α,β-unsaturated/α-hetero) is 1. The number of carbonyl (C=O) groups is 2. The fourth-order valence-electron chi connectivity index (χ4n) is 3.64. The van der Waals surface area contributed by atoms with Gasteiger partial charge in [-0.1, -0.05) is 24.3 Å². The molecule has 0 aliphatic carbocycles. The van der Waals surface area contributed by atoms with Crippen molar-refractivity contribution in [2.45, 2.75) is 31.7 Å². The largest absolute Gasteiger partial charge is 0.383 e. The van der Waals surface area contributed by atoms with Crippen molar-refractivity contribution in [1.82, 2.24) is 14.5 Å². The second-order valence-corrected chi connectivity index (χ2v) is 9.78. The average Bonchev–Trinajstić information content (AvgIpc) is 3.20. The minimum absolute atomic E-state index is 0.000782. The first-order valence-corrected chi connectivity index (χ1v) is 12.0. The summed E-state index contributed by atoms with van der Waals surface area (Å²) in [6, 6.07) is 11.9. The molecule has 0 bridgehead atoms. The Hall–Kier alpha value is -4.05. The van der Waals surface area contributed by atoms with Crippen LogP contribution in [-0.2, 0) is 10.0 Å². The van der Waals surface area contributed by atoms with E-state index in [4.69, 9.17) is 5.73 Å². The number of hydrogen-bond donors (Lipinski definition) is 2. The number of carbonyl (C=O) groups excluding carboxylic acids is 2. The van der Waals surface area contributed by atoms with Crippen LogP contribution in [0.25, 0.3) is 11.0 Å². The van der Waals surface area contributed by atoms with E-state index in [1.165, 1.54) is 43.6 Å². The normalized spacial score (nSPS) is 11.6. The lowest BCUT2D eigenvalue weighted by Gasteiger charge is -2.10. The van der Waals surface area contributed by atoms with Crippen molar-refractivity contribution in [2.75, 3.05) is 10.5 Å². The van der Waals surface area contributed by atoms with Gasteiger partial charge in [0.05, 0.1) is 15.8 Å². The SMILES string of the molecule is CC(=O)c1ccc(S(=O)(=O)Nc2cccc(C(=O)c3cn(C(C)C)c4ncnc(N)c34)c2)cc1. The fraction of sp³-hybridized carbons (Fsp3) is 0.167. The highest BCUT2D eigenvalue weighted by molar-refractivity contribution is 7.92. The lowest BCUT2D eigenvalue weighted by molar-refractivity contribution is 0.101. The van der Waals surface area contributed by atoms with E-state index in [9.17, 15) is 18.0 Å². The zero-order chi connectivity index (χ0) is 24.6. The monoisotopic (exact) mass is 477 g/mol. The lowest BCUT2D eigenvalue weighted by atomic mass is 10.0. The van der Waals surface area contributed by atoms with Gasteiger partial charge in [-0.05, 0) is 45.0 Å². The van der Waals surface area contributed by atoms with Crippen LogP contribution in [0.15, 0.2) is 66.0 Å². The average molecular weight is 478 g/mol. The molecule has 4 rings (SSSR count). The molecular weight excluding hydrogens is 454 g/mol. The van der Waals surface area contributed by atoms with Gasteiger partial charge >= 0.3 is 0 Å². The number of anilines is 2. The number of hydrogen-bond acceptors (Lipinski definition) is 7. The molecule has 0 spiro atoms. The summed E-state index contributed by atoms with van der Waals surface area (Å²) in [6.07, 6.45) is 3.04. The molecule has 0 amide bonds. The van der Waals surface area contributed by atoms with Gasteiger partial charge in [0.2, 0.25) is 0 Å². The molecule has 0 unspecified atom stereocenters. The maximum atomic E-state index is 13.4. The molecule has 0 fully saturated rings. The van der Waals surface area contributed by atoms with Crippen LogP contribution in [0.2, 0.25) is 0 Å². The first-order chi connectivity index (χ1) is 16.1. The third-order valence-electron chi connectivity index (χ3n) is 5.39. The third-order valence-corrected chi connectivity index (χ3v) is 6.78. The van der Waals surface area contributed by atoms with Crippen LogP contribution >= 0.6 is 0 Å². The summed E-state index contributed by atoms with van der Waals surface area (Å²) in [5, 5.41) is 0.456. The molecule has 0 aliphatic rings. The maximum Gasteiger partial charge on any atom is 0.261 e. The summed E-state index contributed by atoms with van der Waals surface area (Å²) < 4.78 is 30.0. The van der Waals surface area contributed by atoms with Crippen LogP contribution in [0.5, 0.6) is 0 Å². The number of aromatic nitrogens is 3. The molecule has 174 valence electrons. The Morgan fingerprint density at radius 3 is 2.38 bits per heavy atom. The fourth-order valence-corrected chi connectivity index (χ4v) is 4.69. The first kappa shape index (κ1) is 23.1. The standard InChI is InChI=1S/C24H23N5O4S/c1-14(2)29-12-20(21-23(25)26-13-27-24(21)29)22(31)17-5-4-6-18(11-17)28-34(32,33)19-9-7-16(8-10-19)15(3)30/h4-14,28H,1-3H3,(H2,25,26,27). The van der Waals surface area contributed by atoms with E-state index in [1.807, 2.05) is 18.4 Å². The Balaban J connectivity index is 1.68. The van der Waals surface area contributed by atoms with E-state index in [1.54, 1.807) is 24.4 Å². The van der Waals surface area contributed by atoms with Crippen LogP contribution in [-0.4, -0.2) is 34.5 Å². The lowest BCUT2D eigenvalue weighted by Crippen LogP contribution is -2.13. The Bertz CT molecular complexity index is 1520. The summed E-state index contributed by atoms with van der Waals surface area (Å²) in [6.45, 7) is 5.33. The summed E-state index contributed by atoms with van der Waals surface area (Å²) in [5.74, 6) is -0.302. The van der Waals surface area contributed by atoms with Crippen molar-refractivity contribution < 1.29 is 18.0 Å². The van der Waals surface area contributed by atoms with Gasteiger partial charge in [0.15, 0.2) is 11.6 Å². The van der Waals surface area contributed by atoms with Gasteiger partial charge in [-0.15, -0.1) is 0 Å². The number of rotatable bonds is 7. The van der Waals surface area contributed by atoms with Crippen molar-refractivity contribution >= 4 is 44.1 Å². The van der Waals surface area contributed by atoms with Crippen molar-refractivity contribution in [3.8, 4) is 0 Å². The van der Waals surface area contributed by atoms with Crippen molar-refractivity contribution in [2.24, 2.45) is 0 Å². The quantitative estimate of drug-likeness (QED) is 0.386. The van der Waals surface area contributed by atoms with Crippen LogP contribution in [0.1, 0.15) is 53.1 Å². The van der Waals surface area contributed by atoms with E-state index in [-0.39, 0.29) is 39.6 Å². The first-order valence-electron chi connectivity index (χ1n) is 10.5. The number of fused-ring (bicyclic) bond motifs is 1. The molecule has 2 aromatic carbocycles. The second-order valence-electron chi connectivity index (χ2n) is 8.10. The Morgan fingerprint density at radius 2 is 1.74 bits per heavy atom. The zero-order valence-electron chi connectivity index (χ0n) is 18.8. The van der Waals surface area contributed by atoms with Gasteiger partial charge in [0, 0.05) is 29.1 Å². The Kier molecular flexibility index (Phi) is 5.92. The number of nitrogens with one attached hydrogen (secondary N) is 1. The topological polar surface area (TPSA) is 137 Å². The van der Waals surface area contributed by atoms with E-state index in [2.05, 4.69) is 14.7 Å². The molecule has 3 N–H and O–H groups in total. The van der Waals surface area contributed by atoms with Crippen molar-refractivity contribution in [1.29, 1.82) is 0 Å². The van der Waals surface area contributed by atoms with Crippen LogP contribution in [0, 0.1) is 0 Å². The number of sulfonamides is 1. The van der Waals surface area contributed by atoms with Crippen LogP contribution < -0.4 is 10.5 Å². The number of benzene rings is 2. The van der Waals surface area contributed by atoms with Crippen molar-refractivity contribution in [3.63, 3.8) is 0 Å². The van der Waals surface area contributed by atoms with Crippen LogP contribution in [0.3, 0.4) is 0 Å². The molecule has 10 heteroatoms. The summed E-state index contributed by atoms with van der Waals surface area (Å²) in [5.41, 5.74) is 7.86. The molecule has 34 heavy (non-hydrogen) atoms. The predicted molar refractivity (Wildman–Crippen MR) is 129 cm³/mol. The van der Waals surface area contributed by atoms with Gasteiger partial charge in [-0.3, -0.25) is 14.3 Å². The second kappa shape index (κ2) is 8.71. The highest BCUT2D eigenvalue weighted by Crippen LogP contribution is 2.29. The number of nitrogens with zero attached hydrogens (tertiary/aromatic N) is 3. The molecule has 0 saturated heterocycles. The molecule has 4 aromatic rings. The third kappa shape index (κ3) is 4.27. The van der Waals surface area contributed by atoms with Gasteiger partial charge in [-0.2, -0.15) is 0 Å². The predicted octanol–water partition coefficient (Wildman–Crippen LogP) is 3.83. The summed E-state index contributed by atoms with van der Waals surface area (Å²) in [7, 11) is -3.93. The molecule has 0 aliphatic heterocycles. The Morgan fingerprint density at radius 1 is 1.03 bits per heavy atom. The molecule has 2 heterocycles. The molecule has 0 saturated carbocycles. The summed E-state index contributed by atoms with van der Waals surface area (Å²) in [4.78, 5) is 33.2. The van der Waals surface area contributed by atoms with E-state index in [0.29, 0.717) is 22.2 Å². The van der Waals surface area contributed by atoms with Crippen LogP contribution in [0.4, 0.5) is 11.5 Å². The van der Waals surface area contributed by atoms with E-state index in [0.717, 1.165) is 0 Å². The number of nitrogens with two attached hydrogens (primary N) is 1. The molecule has 9 nitrogen and oxygen atoms in total. The smallest absolute Gasteiger partial charge is 0.261 e. The van der Waals surface area contributed by atoms with Gasteiger partial charge in [0.25, 0.3) is 10.0 Å². The Labute approximate surface area is 196 Å². The van der Waals surface area contributed by atoms with Gasteiger partial charge in [-0.25, -0.2) is 18.4 Å². The minimum Gasteiger partial charge on any atom is -0.383 e. The molecular formula is C24H23N5O4S. The van der Waals surface area contributed by atoms with E-state index >= 15 is 0 Å². The highest BCUT2D eigenvalue weighted by Gasteiger charge is 2.22. The summed E-state index contributed by atoms with van der Waals surface area (Å²) >= 11 is 0. The van der Waals surface area contributed by atoms with Crippen molar-refractivity contribution in [3.05, 3.63) is 77.7 Å². The minimum atomic E-state index is -3.93. The molecule has 0 radical (unpaired) electrons. The van der Waals surface area contributed by atoms with Gasteiger partial charge in [0.1, 0.15) is 17.8 Å².